The van der Waals surface area contributed by atoms with Crippen LogP contribution in [0.15, 0.2) is 12.1 Å². The number of aromatic amines is 1. The van der Waals surface area contributed by atoms with E-state index in [-0.39, 0.29) is 27.0 Å². The number of aromatic nitrogens is 3. The van der Waals surface area contributed by atoms with Crippen LogP contribution in [0.2, 0.25) is 10.0 Å². The predicted molar refractivity (Wildman–Crippen MR) is 58.8 cm³/mol. The second-order valence-electron chi connectivity index (χ2n) is 3.08. The number of hydrogen-bond donors (Lipinski definition) is 2. The first-order valence-electron chi connectivity index (χ1n) is 4.29. The fourth-order valence-electron chi connectivity index (χ4n) is 1.27. The van der Waals surface area contributed by atoms with E-state index in [0.29, 0.717) is 0 Å². The molecule has 0 fully saturated rings. The zero-order valence-corrected chi connectivity index (χ0v) is 9.55. The Morgan fingerprint density at radius 1 is 1.29 bits per heavy atom. The van der Waals surface area contributed by atoms with Gasteiger partial charge in [0.05, 0.1) is 10.0 Å². The summed E-state index contributed by atoms with van der Waals surface area (Å²) in [5.41, 5.74) is 0.0255. The molecule has 17 heavy (non-hydrogen) atoms. The second kappa shape index (κ2) is 4.31. The maximum Gasteiger partial charge on any atom is 0.358 e. The van der Waals surface area contributed by atoms with Gasteiger partial charge in [-0.25, -0.2) is 9.18 Å². The highest BCUT2D eigenvalue weighted by Gasteiger charge is 2.19. The van der Waals surface area contributed by atoms with Crippen LogP contribution in [0.5, 0.6) is 0 Å². The van der Waals surface area contributed by atoms with Crippen molar-refractivity contribution < 1.29 is 14.3 Å². The number of nitrogens with one attached hydrogen (secondary N) is 1. The molecule has 1 aromatic heterocycles. The summed E-state index contributed by atoms with van der Waals surface area (Å²) in [5.74, 6) is -2.03. The fraction of sp³-hybridized carbons (Fsp3) is 0. The van der Waals surface area contributed by atoms with Crippen molar-refractivity contribution in [3.63, 3.8) is 0 Å². The topological polar surface area (TPSA) is 78.9 Å². The summed E-state index contributed by atoms with van der Waals surface area (Å²) in [6.45, 7) is 0. The summed E-state index contributed by atoms with van der Waals surface area (Å²) in [6.07, 6.45) is 0. The SMILES string of the molecule is O=C(O)c1n[nH]nc1-c1cc(Cl)c(F)c(Cl)c1. The number of halogens is 3. The molecule has 5 nitrogen and oxygen atoms in total. The lowest BCUT2D eigenvalue weighted by atomic mass is 10.1. The molecule has 0 bridgehead atoms. The van der Waals surface area contributed by atoms with E-state index < -0.39 is 11.8 Å². The monoisotopic (exact) mass is 275 g/mol. The van der Waals surface area contributed by atoms with Gasteiger partial charge in [-0.1, -0.05) is 23.2 Å². The molecule has 1 aromatic carbocycles. The van der Waals surface area contributed by atoms with Crippen LogP contribution in [0, 0.1) is 5.82 Å². The second-order valence-corrected chi connectivity index (χ2v) is 3.89. The van der Waals surface area contributed by atoms with Crippen molar-refractivity contribution in [3.05, 3.63) is 33.7 Å². The van der Waals surface area contributed by atoms with Crippen LogP contribution in [0.3, 0.4) is 0 Å². The first-order valence-corrected chi connectivity index (χ1v) is 5.05. The van der Waals surface area contributed by atoms with Crippen molar-refractivity contribution in [2.24, 2.45) is 0 Å². The average molecular weight is 276 g/mol. The van der Waals surface area contributed by atoms with Crippen LogP contribution in [0.25, 0.3) is 11.3 Å². The Morgan fingerprint density at radius 3 is 2.41 bits per heavy atom. The predicted octanol–water partition coefficient (Wildman–Crippen LogP) is 2.62. The highest BCUT2D eigenvalue weighted by Crippen LogP contribution is 2.30. The number of rotatable bonds is 2. The zero-order chi connectivity index (χ0) is 12.6. The van der Waals surface area contributed by atoms with Crippen molar-refractivity contribution in [3.8, 4) is 11.3 Å². The van der Waals surface area contributed by atoms with E-state index in [9.17, 15) is 9.18 Å². The van der Waals surface area contributed by atoms with Gasteiger partial charge in [-0.2, -0.15) is 10.3 Å². The third kappa shape index (κ3) is 2.09. The number of carboxylic acid groups (broad SMARTS) is 1. The minimum absolute atomic E-state index is 0.0429. The molecule has 2 rings (SSSR count). The highest BCUT2D eigenvalue weighted by molar-refractivity contribution is 6.35. The third-order valence-corrected chi connectivity index (χ3v) is 2.56. The van der Waals surface area contributed by atoms with Crippen LogP contribution in [-0.4, -0.2) is 26.5 Å². The molecule has 0 aliphatic rings. The maximum atomic E-state index is 13.2. The van der Waals surface area contributed by atoms with Gasteiger partial charge in [0, 0.05) is 5.56 Å². The molecule has 0 aliphatic heterocycles. The van der Waals surface area contributed by atoms with Crippen molar-refractivity contribution in [2.45, 2.75) is 0 Å². The van der Waals surface area contributed by atoms with Gasteiger partial charge in [0.25, 0.3) is 0 Å². The summed E-state index contributed by atoms with van der Waals surface area (Å²) in [5, 5.41) is 17.7. The molecule has 0 saturated heterocycles. The fourth-order valence-corrected chi connectivity index (χ4v) is 1.76. The Kier molecular flexibility index (Phi) is 2.99. The van der Waals surface area contributed by atoms with Gasteiger partial charge in [0.15, 0.2) is 11.5 Å². The van der Waals surface area contributed by atoms with E-state index in [2.05, 4.69) is 15.4 Å². The number of aromatic carboxylic acids is 1. The average Bonchev–Trinajstić information content (AvgIpc) is 2.74. The zero-order valence-electron chi connectivity index (χ0n) is 8.04. The van der Waals surface area contributed by atoms with E-state index in [1.807, 2.05) is 0 Å². The molecular formula is C9H4Cl2FN3O2. The van der Waals surface area contributed by atoms with Crippen molar-refractivity contribution in [2.75, 3.05) is 0 Å². The molecule has 0 atom stereocenters. The van der Waals surface area contributed by atoms with Gasteiger partial charge in [0.2, 0.25) is 0 Å². The van der Waals surface area contributed by atoms with E-state index in [4.69, 9.17) is 28.3 Å². The Labute approximate surface area is 104 Å². The van der Waals surface area contributed by atoms with Crippen molar-refractivity contribution in [1.29, 1.82) is 0 Å². The number of carbonyl (C=O) groups is 1. The van der Waals surface area contributed by atoms with E-state index in [1.165, 1.54) is 12.1 Å². The third-order valence-electron chi connectivity index (χ3n) is 2.01. The Morgan fingerprint density at radius 2 is 1.88 bits per heavy atom. The minimum atomic E-state index is -1.26. The number of H-pyrrole nitrogens is 1. The number of hydrogen-bond acceptors (Lipinski definition) is 3. The van der Waals surface area contributed by atoms with Crippen LogP contribution >= 0.6 is 23.2 Å². The van der Waals surface area contributed by atoms with Gasteiger partial charge in [-0.05, 0) is 12.1 Å². The molecule has 0 spiro atoms. The quantitative estimate of drug-likeness (QED) is 0.826. The van der Waals surface area contributed by atoms with Crippen molar-refractivity contribution in [1.82, 2.24) is 15.4 Å². The van der Waals surface area contributed by atoms with Gasteiger partial charge in [-0.3, -0.25) is 0 Å². The van der Waals surface area contributed by atoms with Crippen LogP contribution in [0.4, 0.5) is 4.39 Å². The van der Waals surface area contributed by atoms with Crippen LogP contribution < -0.4 is 0 Å². The highest BCUT2D eigenvalue weighted by atomic mass is 35.5. The van der Waals surface area contributed by atoms with E-state index in [0.717, 1.165) is 0 Å². The van der Waals surface area contributed by atoms with Crippen molar-refractivity contribution >= 4 is 29.2 Å². The van der Waals surface area contributed by atoms with Crippen LogP contribution in [-0.2, 0) is 0 Å². The van der Waals surface area contributed by atoms with E-state index >= 15 is 0 Å². The summed E-state index contributed by atoms with van der Waals surface area (Å²) in [4.78, 5) is 10.8. The molecule has 0 saturated carbocycles. The smallest absolute Gasteiger partial charge is 0.358 e. The largest absolute Gasteiger partial charge is 0.476 e. The Hall–Kier alpha value is -1.66. The lowest BCUT2D eigenvalue weighted by Crippen LogP contribution is -1.99. The lowest BCUT2D eigenvalue weighted by Gasteiger charge is -2.02. The van der Waals surface area contributed by atoms with Gasteiger partial charge >= 0.3 is 5.97 Å². The normalized spacial score (nSPS) is 10.5. The van der Waals surface area contributed by atoms with Gasteiger partial charge in [0.1, 0.15) is 5.69 Å². The number of nitrogens with zero attached hydrogens (tertiary/aromatic N) is 2. The molecule has 2 aromatic rings. The summed E-state index contributed by atoms with van der Waals surface area (Å²) in [7, 11) is 0. The first kappa shape index (κ1) is 11.8. The standard InChI is InChI=1S/C9H4Cl2FN3O2/c10-4-1-3(2-5(11)6(4)12)7-8(9(16)17)14-15-13-7/h1-2H,(H,16,17)(H,13,14,15). The number of benzene rings is 1. The summed E-state index contributed by atoms with van der Waals surface area (Å²) < 4.78 is 13.2. The number of carboxylic acids is 1. The minimum Gasteiger partial charge on any atom is -0.476 e. The van der Waals surface area contributed by atoms with Gasteiger partial charge < -0.3 is 5.11 Å². The molecule has 0 unspecified atom stereocenters. The Balaban J connectivity index is 2.61. The van der Waals surface area contributed by atoms with E-state index in [1.54, 1.807) is 0 Å². The van der Waals surface area contributed by atoms with Crippen LogP contribution in [0.1, 0.15) is 10.5 Å². The molecule has 88 valence electrons. The molecule has 1 heterocycles. The van der Waals surface area contributed by atoms with Gasteiger partial charge in [-0.15, -0.1) is 5.10 Å². The molecule has 0 amide bonds. The molecule has 2 N–H and O–H groups in total. The molecular weight excluding hydrogens is 272 g/mol. The summed E-state index contributed by atoms with van der Waals surface area (Å²) >= 11 is 11.2. The molecule has 0 aliphatic carbocycles. The first-order chi connectivity index (χ1) is 8.00. The molecule has 8 heteroatoms. The lowest BCUT2D eigenvalue weighted by molar-refractivity contribution is 0.0691. The molecule has 0 radical (unpaired) electrons. The summed E-state index contributed by atoms with van der Waals surface area (Å²) in [6, 6.07) is 2.46. The Bertz CT molecular complexity index is 577. The maximum absolute atomic E-state index is 13.2.